The van der Waals surface area contributed by atoms with Crippen molar-refractivity contribution in [2.24, 2.45) is 0 Å². The summed E-state index contributed by atoms with van der Waals surface area (Å²) in [5, 5.41) is 12.2. The summed E-state index contributed by atoms with van der Waals surface area (Å²) in [4.78, 5) is 12.5. The van der Waals surface area contributed by atoms with Gasteiger partial charge in [0.1, 0.15) is 5.82 Å². The first-order valence-corrected chi connectivity index (χ1v) is 6.53. The lowest BCUT2D eigenvalue weighted by Gasteiger charge is -2.02. The van der Waals surface area contributed by atoms with Gasteiger partial charge in [-0.25, -0.2) is 4.39 Å². The smallest absolute Gasteiger partial charge is 0.261 e. The number of benzene rings is 1. The molecular formula is C13H14FNO2S. The third-order valence-corrected chi connectivity index (χ3v) is 4.00. The second kappa shape index (κ2) is 5.46. The number of aliphatic hydroxyl groups excluding tert-OH is 1. The van der Waals surface area contributed by atoms with Gasteiger partial charge < -0.3 is 10.4 Å². The lowest BCUT2D eigenvalue weighted by atomic mass is 10.1. The van der Waals surface area contributed by atoms with Crippen LogP contribution in [0.4, 0.5) is 4.39 Å². The lowest BCUT2D eigenvalue weighted by Crippen LogP contribution is -2.24. The van der Waals surface area contributed by atoms with Gasteiger partial charge in [-0.2, -0.15) is 0 Å². The minimum Gasteiger partial charge on any atom is -0.396 e. The fourth-order valence-corrected chi connectivity index (χ4v) is 2.88. The molecule has 18 heavy (non-hydrogen) atoms. The first-order valence-electron chi connectivity index (χ1n) is 5.71. The Morgan fingerprint density at radius 1 is 1.50 bits per heavy atom. The van der Waals surface area contributed by atoms with E-state index in [1.165, 1.54) is 23.5 Å². The molecule has 0 aliphatic heterocycles. The third kappa shape index (κ3) is 2.52. The Morgan fingerprint density at radius 3 is 3.00 bits per heavy atom. The highest BCUT2D eigenvalue weighted by molar-refractivity contribution is 7.21. The van der Waals surface area contributed by atoms with Crippen LogP contribution >= 0.6 is 11.3 Å². The average molecular weight is 267 g/mol. The molecule has 0 atom stereocenters. The van der Waals surface area contributed by atoms with Crippen molar-refractivity contribution in [1.29, 1.82) is 0 Å². The number of halogens is 1. The Morgan fingerprint density at radius 2 is 2.28 bits per heavy atom. The first kappa shape index (κ1) is 13.0. The van der Waals surface area contributed by atoms with Crippen molar-refractivity contribution in [3.05, 3.63) is 34.5 Å². The van der Waals surface area contributed by atoms with Crippen molar-refractivity contribution >= 4 is 27.3 Å². The summed E-state index contributed by atoms with van der Waals surface area (Å²) in [6.45, 7) is 2.31. The van der Waals surface area contributed by atoms with Crippen molar-refractivity contribution in [2.75, 3.05) is 13.2 Å². The molecule has 5 heteroatoms. The number of carbonyl (C=O) groups excluding carboxylic acids is 1. The molecular weight excluding hydrogens is 253 g/mol. The largest absolute Gasteiger partial charge is 0.396 e. The summed E-state index contributed by atoms with van der Waals surface area (Å²) in [5.41, 5.74) is 0.802. The summed E-state index contributed by atoms with van der Waals surface area (Å²) in [6.07, 6.45) is 0.532. The molecule has 0 unspecified atom stereocenters. The average Bonchev–Trinajstić information content (AvgIpc) is 2.67. The van der Waals surface area contributed by atoms with E-state index in [0.717, 1.165) is 15.6 Å². The second-order valence-corrected chi connectivity index (χ2v) is 5.08. The Bertz CT molecular complexity index is 580. The molecule has 96 valence electrons. The van der Waals surface area contributed by atoms with E-state index in [0.29, 0.717) is 17.8 Å². The number of hydrogen-bond donors (Lipinski definition) is 2. The zero-order valence-electron chi connectivity index (χ0n) is 10.00. The monoisotopic (exact) mass is 267 g/mol. The van der Waals surface area contributed by atoms with E-state index in [9.17, 15) is 9.18 Å². The van der Waals surface area contributed by atoms with E-state index in [1.807, 2.05) is 6.92 Å². The van der Waals surface area contributed by atoms with E-state index in [4.69, 9.17) is 5.11 Å². The van der Waals surface area contributed by atoms with Gasteiger partial charge in [0.2, 0.25) is 0 Å². The van der Waals surface area contributed by atoms with Crippen LogP contribution in [-0.4, -0.2) is 24.2 Å². The highest BCUT2D eigenvalue weighted by Gasteiger charge is 2.15. The summed E-state index contributed by atoms with van der Waals surface area (Å²) >= 11 is 1.36. The van der Waals surface area contributed by atoms with Crippen molar-refractivity contribution in [3.63, 3.8) is 0 Å². The van der Waals surface area contributed by atoms with Crippen LogP contribution in [0.5, 0.6) is 0 Å². The van der Waals surface area contributed by atoms with Crippen LogP contribution < -0.4 is 5.32 Å². The molecule has 0 aliphatic carbocycles. The highest BCUT2D eigenvalue weighted by Crippen LogP contribution is 2.31. The van der Waals surface area contributed by atoms with Crippen LogP contribution in [0.25, 0.3) is 10.1 Å². The van der Waals surface area contributed by atoms with Crippen molar-refractivity contribution in [3.8, 4) is 0 Å². The molecule has 0 saturated heterocycles. The first-order chi connectivity index (χ1) is 8.63. The Kier molecular flexibility index (Phi) is 3.93. The van der Waals surface area contributed by atoms with E-state index in [-0.39, 0.29) is 18.3 Å². The van der Waals surface area contributed by atoms with E-state index in [2.05, 4.69) is 5.32 Å². The number of aryl methyl sites for hydroxylation is 1. The summed E-state index contributed by atoms with van der Waals surface area (Å²) in [7, 11) is 0. The molecule has 0 aliphatic rings. The van der Waals surface area contributed by atoms with Gasteiger partial charge in [-0.3, -0.25) is 4.79 Å². The Hall–Kier alpha value is -1.46. The van der Waals surface area contributed by atoms with Gasteiger partial charge in [-0.1, -0.05) is 0 Å². The van der Waals surface area contributed by atoms with Crippen molar-refractivity contribution < 1.29 is 14.3 Å². The number of thiophene rings is 1. The van der Waals surface area contributed by atoms with E-state index in [1.54, 1.807) is 6.07 Å². The maximum absolute atomic E-state index is 13.2. The van der Waals surface area contributed by atoms with Gasteiger partial charge in [0.15, 0.2) is 0 Å². The van der Waals surface area contributed by atoms with E-state index < -0.39 is 0 Å². The fourth-order valence-electron chi connectivity index (χ4n) is 1.77. The van der Waals surface area contributed by atoms with Crippen molar-refractivity contribution in [1.82, 2.24) is 5.32 Å². The molecule has 0 spiro atoms. The second-order valence-electron chi connectivity index (χ2n) is 4.03. The van der Waals surface area contributed by atoms with Gasteiger partial charge in [0.05, 0.1) is 4.88 Å². The summed E-state index contributed by atoms with van der Waals surface area (Å²) < 4.78 is 14.1. The van der Waals surface area contributed by atoms with Gasteiger partial charge in [0.25, 0.3) is 5.91 Å². The predicted molar refractivity (Wildman–Crippen MR) is 70.6 cm³/mol. The minimum atomic E-state index is -0.296. The Balaban J connectivity index is 2.28. The highest BCUT2D eigenvalue weighted by atomic mass is 32.1. The molecule has 0 radical (unpaired) electrons. The number of hydrogen-bond acceptors (Lipinski definition) is 3. The quantitative estimate of drug-likeness (QED) is 0.836. The molecule has 2 N–H and O–H groups in total. The van der Waals surface area contributed by atoms with Gasteiger partial charge in [-0.05, 0) is 42.5 Å². The standard InChI is InChI=1S/C13H14FNO2S/c1-8-10-7-9(14)3-4-11(10)18-12(8)13(17)15-5-2-6-16/h3-4,7,16H,2,5-6H2,1H3,(H,15,17). The molecule has 3 nitrogen and oxygen atoms in total. The van der Waals surface area contributed by atoms with Gasteiger partial charge in [-0.15, -0.1) is 11.3 Å². The molecule has 1 heterocycles. The number of carbonyl (C=O) groups is 1. The maximum Gasteiger partial charge on any atom is 0.261 e. The normalized spacial score (nSPS) is 10.8. The predicted octanol–water partition coefficient (Wildman–Crippen LogP) is 2.46. The topological polar surface area (TPSA) is 49.3 Å². The number of fused-ring (bicyclic) bond motifs is 1. The van der Waals surface area contributed by atoms with Gasteiger partial charge in [0, 0.05) is 17.9 Å². The van der Waals surface area contributed by atoms with Crippen LogP contribution in [0.3, 0.4) is 0 Å². The lowest BCUT2D eigenvalue weighted by molar-refractivity contribution is 0.0954. The number of nitrogens with one attached hydrogen (secondary N) is 1. The van der Waals surface area contributed by atoms with Crippen LogP contribution in [0.1, 0.15) is 21.7 Å². The molecule has 1 aromatic heterocycles. The SMILES string of the molecule is Cc1c(C(=O)NCCCO)sc2ccc(F)cc12. The van der Waals surface area contributed by atoms with Gasteiger partial charge >= 0.3 is 0 Å². The molecule has 0 bridgehead atoms. The third-order valence-electron chi connectivity index (χ3n) is 2.72. The molecule has 0 fully saturated rings. The summed E-state index contributed by atoms with van der Waals surface area (Å²) in [6, 6.07) is 4.53. The van der Waals surface area contributed by atoms with E-state index >= 15 is 0 Å². The minimum absolute atomic E-state index is 0.0525. The number of aliphatic hydroxyl groups is 1. The molecule has 2 aromatic rings. The van der Waals surface area contributed by atoms with Crippen LogP contribution in [-0.2, 0) is 0 Å². The van der Waals surface area contributed by atoms with Crippen LogP contribution in [0.15, 0.2) is 18.2 Å². The molecule has 1 aromatic carbocycles. The van der Waals surface area contributed by atoms with Crippen LogP contribution in [0, 0.1) is 12.7 Å². The number of rotatable bonds is 4. The molecule has 1 amide bonds. The summed E-state index contributed by atoms with van der Waals surface area (Å²) in [5.74, 6) is -0.460. The molecule has 0 saturated carbocycles. The Labute approximate surface area is 108 Å². The zero-order valence-corrected chi connectivity index (χ0v) is 10.8. The molecule has 2 rings (SSSR count). The fraction of sp³-hybridized carbons (Fsp3) is 0.308. The number of amides is 1. The van der Waals surface area contributed by atoms with Crippen molar-refractivity contribution in [2.45, 2.75) is 13.3 Å². The zero-order chi connectivity index (χ0) is 13.1. The van der Waals surface area contributed by atoms with Crippen LogP contribution in [0.2, 0.25) is 0 Å². The maximum atomic E-state index is 13.2.